The molecule has 0 unspecified atom stereocenters. The maximum Gasteiger partial charge on any atom is 0.327 e. The van der Waals surface area contributed by atoms with Crippen LogP contribution in [0.15, 0.2) is 29.1 Å². The molecule has 10 heteroatoms. The molecule has 0 bridgehead atoms. The van der Waals surface area contributed by atoms with E-state index >= 15 is 0 Å². The third kappa shape index (κ3) is 6.48. The van der Waals surface area contributed by atoms with Crippen LogP contribution in [-0.4, -0.2) is 70.5 Å². The number of aromatic amines is 1. The van der Waals surface area contributed by atoms with Crippen molar-refractivity contribution in [2.75, 3.05) is 39.0 Å². The van der Waals surface area contributed by atoms with Crippen LogP contribution in [0.1, 0.15) is 37.1 Å². The molecule has 0 aliphatic carbocycles. The number of anilines is 1. The number of esters is 1. The second-order valence-corrected chi connectivity index (χ2v) is 9.42. The number of likely N-dealkylation sites (tertiary alicyclic amines) is 1. The minimum atomic E-state index is -0.345. The Labute approximate surface area is 200 Å². The Kier molecular flexibility index (Phi) is 8.51. The third-order valence-electron chi connectivity index (χ3n) is 6.18. The zero-order valence-electron chi connectivity index (χ0n) is 20.3. The fraction of sp³-hybridized carbons (Fsp3) is 0.542. The van der Waals surface area contributed by atoms with Gasteiger partial charge in [0.2, 0.25) is 0 Å². The average molecular weight is 472 g/mol. The lowest BCUT2D eigenvalue weighted by atomic mass is 10.0. The van der Waals surface area contributed by atoms with Crippen molar-refractivity contribution in [2.45, 2.75) is 45.8 Å². The highest BCUT2D eigenvalue weighted by atomic mass is 16.5. The zero-order chi connectivity index (χ0) is 24.8. The first-order valence-electron chi connectivity index (χ1n) is 11.7. The van der Waals surface area contributed by atoms with Crippen LogP contribution in [0.2, 0.25) is 0 Å². The van der Waals surface area contributed by atoms with E-state index in [0.717, 1.165) is 44.7 Å². The van der Waals surface area contributed by atoms with Gasteiger partial charge in [0, 0.05) is 45.3 Å². The van der Waals surface area contributed by atoms with E-state index in [1.807, 2.05) is 12.1 Å². The SMILES string of the molecule is COC(=O)Cc1ccc(CN(CCCn2c(N)c(C(=N)N)[nH]c2=O)C2CN(CC(C)C)C2)cc1. The molecule has 1 aliphatic rings. The van der Waals surface area contributed by atoms with Crippen LogP contribution in [-0.2, 0) is 29.0 Å². The Balaban J connectivity index is 1.64. The maximum atomic E-state index is 12.2. The van der Waals surface area contributed by atoms with Gasteiger partial charge in [-0.3, -0.25) is 24.6 Å². The van der Waals surface area contributed by atoms with Crippen LogP contribution in [0.25, 0.3) is 0 Å². The highest BCUT2D eigenvalue weighted by molar-refractivity contribution is 5.97. The molecule has 0 saturated carbocycles. The molecule has 0 atom stereocenters. The molecule has 1 aromatic carbocycles. The highest BCUT2D eigenvalue weighted by Gasteiger charge is 2.31. The number of carbonyl (C=O) groups is 1. The number of methoxy groups -OCH3 is 1. The minimum absolute atomic E-state index is 0.178. The van der Waals surface area contributed by atoms with E-state index in [-0.39, 0.29) is 35.4 Å². The highest BCUT2D eigenvalue weighted by Crippen LogP contribution is 2.20. The molecule has 6 N–H and O–H groups in total. The molecule has 1 aliphatic heterocycles. The number of hydrogen-bond acceptors (Lipinski definition) is 7. The number of H-pyrrole nitrogens is 1. The predicted octanol–water partition coefficient (Wildman–Crippen LogP) is 0.991. The summed E-state index contributed by atoms with van der Waals surface area (Å²) in [5.41, 5.74) is 13.5. The summed E-state index contributed by atoms with van der Waals surface area (Å²) in [6.45, 7) is 9.65. The van der Waals surface area contributed by atoms with Crippen molar-refractivity contribution in [3.05, 3.63) is 51.6 Å². The zero-order valence-corrected chi connectivity index (χ0v) is 20.3. The molecule has 2 aromatic rings. The lowest BCUT2D eigenvalue weighted by molar-refractivity contribution is -0.139. The van der Waals surface area contributed by atoms with Gasteiger partial charge in [-0.2, -0.15) is 0 Å². The number of nitrogen functional groups attached to an aromatic ring is 2. The number of imidazole rings is 1. The van der Waals surface area contributed by atoms with Crippen LogP contribution in [0.5, 0.6) is 0 Å². The smallest absolute Gasteiger partial charge is 0.327 e. The van der Waals surface area contributed by atoms with Gasteiger partial charge in [-0.1, -0.05) is 38.1 Å². The summed E-state index contributed by atoms with van der Waals surface area (Å²) in [5, 5.41) is 7.55. The van der Waals surface area contributed by atoms with E-state index in [2.05, 4.69) is 40.8 Å². The van der Waals surface area contributed by atoms with Crippen LogP contribution in [0, 0.1) is 11.3 Å². The second kappa shape index (κ2) is 11.3. The number of benzene rings is 1. The molecular weight excluding hydrogens is 434 g/mol. The molecule has 186 valence electrons. The minimum Gasteiger partial charge on any atom is -0.469 e. The van der Waals surface area contributed by atoms with Gasteiger partial charge in [-0.15, -0.1) is 0 Å². The van der Waals surface area contributed by atoms with Crippen molar-refractivity contribution >= 4 is 17.6 Å². The number of hydrogen-bond donors (Lipinski definition) is 4. The van der Waals surface area contributed by atoms with E-state index in [4.69, 9.17) is 21.6 Å². The number of ether oxygens (including phenoxy) is 1. The largest absolute Gasteiger partial charge is 0.469 e. The fourth-order valence-electron chi connectivity index (χ4n) is 4.41. The molecule has 1 aromatic heterocycles. The van der Waals surface area contributed by atoms with Gasteiger partial charge < -0.3 is 21.2 Å². The van der Waals surface area contributed by atoms with E-state index in [1.54, 1.807) is 0 Å². The molecular formula is C24H37N7O3. The average Bonchev–Trinajstić information content (AvgIpc) is 3.05. The number of carbonyl (C=O) groups excluding carboxylic acids is 1. The number of nitrogens with one attached hydrogen (secondary N) is 2. The van der Waals surface area contributed by atoms with E-state index in [1.165, 1.54) is 17.2 Å². The van der Waals surface area contributed by atoms with Gasteiger partial charge >= 0.3 is 11.7 Å². The van der Waals surface area contributed by atoms with Gasteiger partial charge in [0.05, 0.1) is 13.5 Å². The topological polar surface area (TPSA) is 146 Å². The lowest BCUT2D eigenvalue weighted by Gasteiger charge is -2.46. The monoisotopic (exact) mass is 471 g/mol. The van der Waals surface area contributed by atoms with Crippen molar-refractivity contribution in [1.29, 1.82) is 5.41 Å². The summed E-state index contributed by atoms with van der Waals surface area (Å²) in [5.74, 6) is 0.347. The summed E-state index contributed by atoms with van der Waals surface area (Å²) in [6, 6.07) is 8.51. The molecule has 34 heavy (non-hydrogen) atoms. The van der Waals surface area contributed by atoms with Gasteiger partial charge in [0.1, 0.15) is 17.3 Å². The first-order valence-corrected chi connectivity index (χ1v) is 11.7. The van der Waals surface area contributed by atoms with Gasteiger partial charge in [-0.05, 0) is 23.5 Å². The summed E-state index contributed by atoms with van der Waals surface area (Å²) < 4.78 is 6.19. The number of nitrogens with zero attached hydrogens (tertiary/aromatic N) is 3. The number of amidine groups is 1. The van der Waals surface area contributed by atoms with Crippen molar-refractivity contribution < 1.29 is 9.53 Å². The normalized spacial score (nSPS) is 14.5. The van der Waals surface area contributed by atoms with E-state index in [0.29, 0.717) is 18.5 Å². The second-order valence-electron chi connectivity index (χ2n) is 9.42. The summed E-state index contributed by atoms with van der Waals surface area (Å²) in [7, 11) is 1.39. The van der Waals surface area contributed by atoms with E-state index < -0.39 is 0 Å². The number of rotatable bonds is 12. The molecule has 0 spiro atoms. The Morgan fingerprint density at radius 1 is 1.26 bits per heavy atom. The number of nitrogens with two attached hydrogens (primary N) is 2. The quantitative estimate of drug-likeness (QED) is 0.205. The van der Waals surface area contributed by atoms with Crippen molar-refractivity contribution in [3.63, 3.8) is 0 Å². The van der Waals surface area contributed by atoms with Gasteiger partial charge in [0.15, 0.2) is 0 Å². The van der Waals surface area contributed by atoms with Crippen molar-refractivity contribution in [3.8, 4) is 0 Å². The summed E-state index contributed by atoms with van der Waals surface area (Å²) in [6.07, 6.45) is 1.00. The molecule has 10 nitrogen and oxygen atoms in total. The Morgan fingerprint density at radius 3 is 2.47 bits per heavy atom. The van der Waals surface area contributed by atoms with E-state index in [9.17, 15) is 9.59 Å². The van der Waals surface area contributed by atoms with Crippen molar-refractivity contribution in [1.82, 2.24) is 19.4 Å². The molecule has 1 saturated heterocycles. The van der Waals surface area contributed by atoms with Crippen molar-refractivity contribution in [2.24, 2.45) is 11.7 Å². The maximum absolute atomic E-state index is 12.2. The van der Waals surface area contributed by atoms with Crippen LogP contribution in [0.3, 0.4) is 0 Å². The third-order valence-corrected chi connectivity index (χ3v) is 6.18. The molecule has 3 rings (SSSR count). The van der Waals surface area contributed by atoms with Crippen LogP contribution >= 0.6 is 0 Å². The fourth-order valence-corrected chi connectivity index (χ4v) is 4.41. The Morgan fingerprint density at radius 2 is 1.91 bits per heavy atom. The molecule has 0 amide bonds. The van der Waals surface area contributed by atoms with Crippen LogP contribution in [0.4, 0.5) is 5.82 Å². The summed E-state index contributed by atoms with van der Waals surface area (Å²) in [4.78, 5) is 31.2. The number of aromatic nitrogens is 2. The first-order chi connectivity index (χ1) is 16.2. The first kappa shape index (κ1) is 25.5. The Bertz CT molecular complexity index is 1040. The lowest BCUT2D eigenvalue weighted by Crippen LogP contribution is -2.59. The van der Waals surface area contributed by atoms with Gasteiger partial charge in [-0.25, -0.2) is 4.79 Å². The summed E-state index contributed by atoms with van der Waals surface area (Å²) >= 11 is 0. The predicted molar refractivity (Wildman–Crippen MR) is 133 cm³/mol. The molecule has 0 radical (unpaired) electrons. The molecule has 2 heterocycles. The molecule has 1 fully saturated rings. The van der Waals surface area contributed by atoms with Gasteiger partial charge in [0.25, 0.3) is 0 Å². The van der Waals surface area contributed by atoms with Crippen LogP contribution < -0.4 is 17.2 Å². The standard InChI is InChI=1S/C24H37N7O3/c1-16(2)12-29-14-19(15-29)30(13-18-7-5-17(6-8-18)11-20(32)34-3)9-4-10-31-23(27)21(22(25)26)28-24(31)33/h5-8,16,19H,4,9-15,27H2,1-3H3,(H3,25,26)(H,28,33). The Hall–Kier alpha value is -3.11.